The van der Waals surface area contributed by atoms with Gasteiger partial charge in [0, 0.05) is 11.6 Å². The van der Waals surface area contributed by atoms with Crippen LogP contribution in [0, 0.1) is 11.2 Å². The van der Waals surface area contributed by atoms with Crippen LogP contribution < -0.4 is 5.32 Å². The van der Waals surface area contributed by atoms with Crippen molar-refractivity contribution in [1.29, 1.82) is 0 Å². The summed E-state index contributed by atoms with van der Waals surface area (Å²) in [6, 6.07) is 6.22. The molecule has 0 aliphatic heterocycles. The van der Waals surface area contributed by atoms with Crippen molar-refractivity contribution in [2.45, 2.75) is 54.2 Å². The second kappa shape index (κ2) is 8.56. The van der Waals surface area contributed by atoms with E-state index < -0.39 is 6.09 Å². The fraction of sp³-hybridized carbons (Fsp3) is 0.562. The number of halogens is 1. The van der Waals surface area contributed by atoms with Gasteiger partial charge in [-0.05, 0) is 18.4 Å². The Morgan fingerprint density at radius 3 is 2.35 bits per heavy atom. The predicted molar refractivity (Wildman–Crippen MR) is 80.0 cm³/mol. The zero-order chi connectivity index (χ0) is 15.8. The van der Waals surface area contributed by atoms with E-state index in [0.29, 0.717) is 5.56 Å². The molecule has 0 heterocycles. The monoisotopic (exact) mass is 283 g/mol. The number of rotatable bonds is 3. The van der Waals surface area contributed by atoms with Gasteiger partial charge in [-0.15, -0.1) is 0 Å². The molecule has 0 fully saturated rings. The lowest BCUT2D eigenvalue weighted by molar-refractivity contribution is 0.127. The molecule has 0 spiro atoms. The van der Waals surface area contributed by atoms with Gasteiger partial charge in [0.25, 0.3) is 0 Å². The lowest BCUT2D eigenvalue weighted by Gasteiger charge is -2.27. The Morgan fingerprint density at radius 1 is 1.30 bits per heavy atom. The van der Waals surface area contributed by atoms with Crippen LogP contribution in [0.15, 0.2) is 24.3 Å². The Balaban J connectivity index is 0.00000172. The third-order valence-corrected chi connectivity index (χ3v) is 2.95. The topological polar surface area (TPSA) is 38.3 Å². The van der Waals surface area contributed by atoms with Gasteiger partial charge in [-0.1, -0.05) is 52.8 Å². The normalized spacial score (nSPS) is 11.9. The van der Waals surface area contributed by atoms with E-state index in [1.807, 2.05) is 41.5 Å². The fourth-order valence-corrected chi connectivity index (χ4v) is 1.19. The number of ether oxygens (including phenoxy) is 1. The Kier molecular flexibility index (Phi) is 7.89. The Hall–Kier alpha value is -1.58. The molecule has 1 amide bonds. The molecule has 0 saturated carbocycles. The molecule has 0 aromatic heterocycles. The molecule has 0 aliphatic rings. The number of amides is 1. The summed E-state index contributed by atoms with van der Waals surface area (Å²) in [6.07, 6.45) is -0.527. The number of hydrogen-bond donors (Lipinski definition) is 1. The van der Waals surface area contributed by atoms with Crippen molar-refractivity contribution in [1.82, 2.24) is 5.32 Å². The summed E-state index contributed by atoms with van der Waals surface area (Å²) in [5, 5.41) is 2.73. The maximum Gasteiger partial charge on any atom is 0.407 e. The second-order valence-corrected chi connectivity index (χ2v) is 5.40. The maximum absolute atomic E-state index is 13.3. The average Bonchev–Trinajstić information content (AvgIpc) is 2.39. The SMILES string of the molecule is CC.CC(NC(=O)OCc1ccccc1F)C(C)(C)C. The highest BCUT2D eigenvalue weighted by molar-refractivity contribution is 5.67. The Labute approximate surface area is 121 Å². The van der Waals surface area contributed by atoms with Gasteiger partial charge in [-0.2, -0.15) is 0 Å². The van der Waals surface area contributed by atoms with E-state index in [0.717, 1.165) is 0 Å². The summed E-state index contributed by atoms with van der Waals surface area (Å²) in [4.78, 5) is 11.5. The molecule has 1 unspecified atom stereocenters. The summed E-state index contributed by atoms with van der Waals surface area (Å²) in [5.74, 6) is -0.367. The lowest BCUT2D eigenvalue weighted by Crippen LogP contribution is -2.41. The van der Waals surface area contributed by atoms with Crippen molar-refractivity contribution in [3.05, 3.63) is 35.6 Å². The Bertz CT molecular complexity index is 413. The minimum atomic E-state index is -0.527. The first-order valence-corrected chi connectivity index (χ1v) is 6.97. The molecular weight excluding hydrogens is 257 g/mol. The van der Waals surface area contributed by atoms with Crippen LogP contribution in [0.5, 0.6) is 0 Å². The van der Waals surface area contributed by atoms with Crippen LogP contribution in [0.1, 0.15) is 47.1 Å². The molecule has 0 bridgehead atoms. The summed E-state index contributed by atoms with van der Waals surface area (Å²) in [7, 11) is 0. The van der Waals surface area contributed by atoms with Crippen LogP contribution in [0.2, 0.25) is 0 Å². The smallest absolute Gasteiger partial charge is 0.407 e. The largest absolute Gasteiger partial charge is 0.445 e. The van der Waals surface area contributed by atoms with Crippen LogP contribution in [0.4, 0.5) is 9.18 Å². The first kappa shape index (κ1) is 18.4. The minimum absolute atomic E-state index is 0.0226. The van der Waals surface area contributed by atoms with E-state index in [-0.39, 0.29) is 23.9 Å². The van der Waals surface area contributed by atoms with E-state index in [4.69, 9.17) is 4.74 Å². The zero-order valence-electron chi connectivity index (χ0n) is 13.3. The summed E-state index contributed by atoms with van der Waals surface area (Å²) < 4.78 is 18.3. The summed E-state index contributed by atoms with van der Waals surface area (Å²) >= 11 is 0. The minimum Gasteiger partial charge on any atom is -0.445 e. The quantitative estimate of drug-likeness (QED) is 0.886. The number of carbonyl (C=O) groups excluding carboxylic acids is 1. The van der Waals surface area contributed by atoms with Crippen LogP contribution in [0.25, 0.3) is 0 Å². The molecule has 0 aliphatic carbocycles. The highest BCUT2D eigenvalue weighted by atomic mass is 19.1. The molecule has 1 aromatic rings. The Morgan fingerprint density at radius 2 is 1.85 bits per heavy atom. The molecule has 1 rings (SSSR count). The van der Waals surface area contributed by atoms with Gasteiger partial charge in [-0.3, -0.25) is 0 Å². The molecule has 114 valence electrons. The van der Waals surface area contributed by atoms with Gasteiger partial charge in [0.15, 0.2) is 0 Å². The van der Waals surface area contributed by atoms with Crippen molar-refractivity contribution < 1.29 is 13.9 Å². The van der Waals surface area contributed by atoms with Gasteiger partial charge in [-0.25, -0.2) is 9.18 Å². The van der Waals surface area contributed by atoms with Crippen molar-refractivity contribution >= 4 is 6.09 Å². The molecule has 1 N–H and O–H groups in total. The van der Waals surface area contributed by atoms with Crippen molar-refractivity contribution in [3.8, 4) is 0 Å². The molecule has 4 heteroatoms. The molecule has 0 saturated heterocycles. The number of carbonyl (C=O) groups is 1. The van der Waals surface area contributed by atoms with Crippen LogP contribution in [0.3, 0.4) is 0 Å². The van der Waals surface area contributed by atoms with E-state index in [9.17, 15) is 9.18 Å². The average molecular weight is 283 g/mol. The molecule has 3 nitrogen and oxygen atoms in total. The van der Waals surface area contributed by atoms with Crippen LogP contribution in [-0.2, 0) is 11.3 Å². The first-order chi connectivity index (χ1) is 9.30. The molecule has 1 atom stereocenters. The summed E-state index contributed by atoms with van der Waals surface area (Å²) in [5.41, 5.74) is 0.327. The van der Waals surface area contributed by atoms with Gasteiger partial charge in [0.2, 0.25) is 0 Å². The zero-order valence-corrected chi connectivity index (χ0v) is 13.3. The maximum atomic E-state index is 13.3. The lowest BCUT2D eigenvalue weighted by atomic mass is 9.88. The van der Waals surface area contributed by atoms with Gasteiger partial charge in [0.05, 0.1) is 0 Å². The van der Waals surface area contributed by atoms with Gasteiger partial charge < -0.3 is 10.1 Å². The molecule has 0 radical (unpaired) electrons. The van der Waals surface area contributed by atoms with Crippen molar-refractivity contribution in [3.63, 3.8) is 0 Å². The van der Waals surface area contributed by atoms with Crippen LogP contribution in [-0.4, -0.2) is 12.1 Å². The standard InChI is InChI=1S/C14H20FNO2.C2H6/c1-10(14(2,3)4)16-13(17)18-9-11-7-5-6-8-12(11)15;1-2/h5-8,10H,9H2,1-4H3,(H,16,17);1-2H3. The molecule has 20 heavy (non-hydrogen) atoms. The second-order valence-electron chi connectivity index (χ2n) is 5.40. The molecular formula is C16H26FNO2. The van der Waals surface area contributed by atoms with Crippen molar-refractivity contribution in [2.75, 3.05) is 0 Å². The van der Waals surface area contributed by atoms with E-state index in [2.05, 4.69) is 5.32 Å². The number of benzene rings is 1. The highest BCUT2D eigenvalue weighted by Gasteiger charge is 2.22. The third kappa shape index (κ3) is 6.55. The van der Waals surface area contributed by atoms with E-state index in [1.165, 1.54) is 6.07 Å². The predicted octanol–water partition coefficient (Wildman–Crippen LogP) is 4.51. The van der Waals surface area contributed by atoms with E-state index in [1.54, 1.807) is 18.2 Å². The third-order valence-electron chi connectivity index (χ3n) is 2.95. The van der Waals surface area contributed by atoms with E-state index >= 15 is 0 Å². The van der Waals surface area contributed by atoms with Gasteiger partial charge in [0.1, 0.15) is 12.4 Å². The van der Waals surface area contributed by atoms with Gasteiger partial charge >= 0.3 is 6.09 Å². The highest BCUT2D eigenvalue weighted by Crippen LogP contribution is 2.18. The molecule has 1 aromatic carbocycles. The van der Waals surface area contributed by atoms with Crippen molar-refractivity contribution in [2.24, 2.45) is 5.41 Å². The number of nitrogens with one attached hydrogen (secondary N) is 1. The van der Waals surface area contributed by atoms with Crippen LogP contribution >= 0.6 is 0 Å². The number of alkyl carbamates (subject to hydrolysis) is 1. The fourth-order valence-electron chi connectivity index (χ4n) is 1.19. The first-order valence-electron chi connectivity index (χ1n) is 6.97. The summed E-state index contributed by atoms with van der Waals surface area (Å²) in [6.45, 7) is 11.9. The number of hydrogen-bond acceptors (Lipinski definition) is 2.